The van der Waals surface area contributed by atoms with Crippen molar-refractivity contribution in [1.29, 1.82) is 0 Å². The summed E-state index contributed by atoms with van der Waals surface area (Å²) in [5.41, 5.74) is 0.922. The van der Waals surface area contributed by atoms with E-state index in [4.69, 9.17) is 14.2 Å². The highest BCUT2D eigenvalue weighted by Gasteiger charge is 2.16. The largest absolute Gasteiger partial charge is 0.493 e. The van der Waals surface area contributed by atoms with E-state index in [1.165, 1.54) is 21.3 Å². The molecule has 4 nitrogen and oxygen atoms in total. The van der Waals surface area contributed by atoms with E-state index in [0.29, 0.717) is 28.4 Å². The molecular formula is C13H16O4. The number of benzene rings is 1. The van der Waals surface area contributed by atoms with Crippen molar-refractivity contribution in [3.8, 4) is 17.2 Å². The zero-order valence-corrected chi connectivity index (χ0v) is 10.5. The molecule has 0 amide bonds. The number of hydrogen-bond donors (Lipinski definition) is 0. The molecule has 0 unspecified atom stereocenters. The Bertz CT molecular complexity index is 424. The SMILES string of the molecule is C=C(C)C(=O)c1cc(OC)c(OC)c(OC)c1. The van der Waals surface area contributed by atoms with Crippen LogP contribution in [0.4, 0.5) is 0 Å². The van der Waals surface area contributed by atoms with Gasteiger partial charge in [0.25, 0.3) is 0 Å². The number of rotatable bonds is 5. The predicted molar refractivity (Wildman–Crippen MR) is 65.2 cm³/mol. The third-order valence-electron chi connectivity index (χ3n) is 2.31. The lowest BCUT2D eigenvalue weighted by molar-refractivity contribution is 0.103. The number of carbonyl (C=O) groups excluding carboxylic acids is 1. The topological polar surface area (TPSA) is 44.8 Å². The summed E-state index contributed by atoms with van der Waals surface area (Å²) in [5.74, 6) is 1.23. The Morgan fingerprint density at radius 3 is 1.82 bits per heavy atom. The zero-order valence-electron chi connectivity index (χ0n) is 10.5. The van der Waals surface area contributed by atoms with Crippen LogP contribution in [-0.4, -0.2) is 27.1 Å². The first-order chi connectivity index (χ1) is 8.04. The van der Waals surface area contributed by atoms with Gasteiger partial charge in [0.1, 0.15) is 0 Å². The number of ketones is 1. The van der Waals surface area contributed by atoms with Gasteiger partial charge in [0, 0.05) is 5.56 Å². The molecule has 0 saturated heterocycles. The first-order valence-corrected chi connectivity index (χ1v) is 5.05. The molecule has 0 atom stereocenters. The number of methoxy groups -OCH3 is 3. The molecule has 0 saturated carbocycles. The average Bonchev–Trinajstić information content (AvgIpc) is 2.35. The van der Waals surface area contributed by atoms with Crippen molar-refractivity contribution >= 4 is 5.78 Å². The number of hydrogen-bond acceptors (Lipinski definition) is 4. The van der Waals surface area contributed by atoms with Crippen molar-refractivity contribution in [2.24, 2.45) is 0 Å². The monoisotopic (exact) mass is 236 g/mol. The molecule has 17 heavy (non-hydrogen) atoms. The summed E-state index contributed by atoms with van der Waals surface area (Å²) in [6.45, 7) is 5.28. The molecule has 0 bridgehead atoms. The van der Waals surface area contributed by atoms with Gasteiger partial charge in [-0.3, -0.25) is 4.79 Å². The molecule has 1 aromatic rings. The molecule has 0 fully saturated rings. The zero-order chi connectivity index (χ0) is 13.0. The van der Waals surface area contributed by atoms with Crippen LogP contribution in [0.25, 0.3) is 0 Å². The Morgan fingerprint density at radius 1 is 1.06 bits per heavy atom. The fourth-order valence-corrected chi connectivity index (χ4v) is 1.46. The van der Waals surface area contributed by atoms with Crippen molar-refractivity contribution in [1.82, 2.24) is 0 Å². The fraction of sp³-hybridized carbons (Fsp3) is 0.308. The van der Waals surface area contributed by atoms with Gasteiger partial charge >= 0.3 is 0 Å². The van der Waals surface area contributed by atoms with Crippen molar-refractivity contribution in [3.63, 3.8) is 0 Å². The summed E-state index contributed by atoms with van der Waals surface area (Å²) >= 11 is 0. The Labute approximate surface area is 101 Å². The summed E-state index contributed by atoms with van der Waals surface area (Å²) in [7, 11) is 4.53. The third-order valence-corrected chi connectivity index (χ3v) is 2.31. The van der Waals surface area contributed by atoms with Crippen LogP contribution in [0.1, 0.15) is 17.3 Å². The van der Waals surface area contributed by atoms with Gasteiger partial charge in [-0.2, -0.15) is 0 Å². The lowest BCUT2D eigenvalue weighted by Crippen LogP contribution is -2.03. The highest BCUT2D eigenvalue weighted by Crippen LogP contribution is 2.38. The standard InChI is InChI=1S/C13H16O4/c1-8(2)12(14)9-6-10(15-3)13(17-5)11(7-9)16-4/h6-7H,1H2,2-5H3. The lowest BCUT2D eigenvalue weighted by atomic mass is 10.0. The summed E-state index contributed by atoms with van der Waals surface area (Å²) in [4.78, 5) is 11.8. The molecule has 1 aromatic carbocycles. The lowest BCUT2D eigenvalue weighted by Gasteiger charge is -2.13. The quantitative estimate of drug-likeness (QED) is 0.582. The maximum atomic E-state index is 11.8. The van der Waals surface area contributed by atoms with E-state index in [2.05, 4.69) is 6.58 Å². The smallest absolute Gasteiger partial charge is 0.203 e. The molecule has 1 rings (SSSR count). The second-order valence-corrected chi connectivity index (χ2v) is 3.52. The molecule has 0 aliphatic rings. The highest BCUT2D eigenvalue weighted by atomic mass is 16.5. The predicted octanol–water partition coefficient (Wildman–Crippen LogP) is 2.47. The van der Waals surface area contributed by atoms with E-state index >= 15 is 0 Å². The van der Waals surface area contributed by atoms with E-state index in [-0.39, 0.29) is 5.78 Å². The van der Waals surface area contributed by atoms with Crippen molar-refractivity contribution in [3.05, 3.63) is 29.8 Å². The second kappa shape index (κ2) is 5.39. The highest BCUT2D eigenvalue weighted by molar-refractivity contribution is 6.08. The molecule has 4 heteroatoms. The average molecular weight is 236 g/mol. The molecule has 0 N–H and O–H groups in total. The Balaban J connectivity index is 3.37. The van der Waals surface area contributed by atoms with E-state index in [1.54, 1.807) is 19.1 Å². The molecule has 0 heterocycles. The first-order valence-electron chi connectivity index (χ1n) is 5.05. The maximum Gasteiger partial charge on any atom is 0.203 e. The third kappa shape index (κ3) is 2.58. The van der Waals surface area contributed by atoms with E-state index in [1.807, 2.05) is 0 Å². The molecule has 92 valence electrons. The van der Waals surface area contributed by atoms with Crippen LogP contribution in [0.3, 0.4) is 0 Å². The number of allylic oxidation sites excluding steroid dienone is 1. The van der Waals surface area contributed by atoms with E-state index in [9.17, 15) is 4.79 Å². The van der Waals surface area contributed by atoms with E-state index < -0.39 is 0 Å². The van der Waals surface area contributed by atoms with Crippen LogP contribution >= 0.6 is 0 Å². The summed E-state index contributed by atoms with van der Waals surface area (Å²) in [5, 5.41) is 0. The van der Waals surface area contributed by atoms with Crippen LogP contribution in [0.5, 0.6) is 17.2 Å². The minimum atomic E-state index is -0.149. The summed E-state index contributed by atoms with van der Waals surface area (Å²) in [6, 6.07) is 3.22. The molecule has 0 aliphatic carbocycles. The fourth-order valence-electron chi connectivity index (χ4n) is 1.46. The van der Waals surface area contributed by atoms with Crippen LogP contribution in [0.15, 0.2) is 24.3 Å². The van der Waals surface area contributed by atoms with Gasteiger partial charge < -0.3 is 14.2 Å². The van der Waals surface area contributed by atoms with Crippen LogP contribution in [-0.2, 0) is 0 Å². The van der Waals surface area contributed by atoms with Crippen molar-refractivity contribution < 1.29 is 19.0 Å². The van der Waals surface area contributed by atoms with Gasteiger partial charge in [-0.25, -0.2) is 0 Å². The Morgan fingerprint density at radius 2 is 1.53 bits per heavy atom. The Hall–Kier alpha value is -1.97. The molecule has 0 aliphatic heterocycles. The van der Waals surface area contributed by atoms with Gasteiger partial charge in [-0.1, -0.05) is 6.58 Å². The minimum Gasteiger partial charge on any atom is -0.493 e. The normalized spacial score (nSPS) is 9.65. The second-order valence-electron chi connectivity index (χ2n) is 3.52. The van der Waals surface area contributed by atoms with Gasteiger partial charge in [0.05, 0.1) is 21.3 Å². The van der Waals surface area contributed by atoms with Crippen LogP contribution in [0.2, 0.25) is 0 Å². The van der Waals surface area contributed by atoms with Crippen molar-refractivity contribution in [2.45, 2.75) is 6.92 Å². The van der Waals surface area contributed by atoms with Gasteiger partial charge in [-0.15, -0.1) is 0 Å². The first kappa shape index (κ1) is 13.1. The van der Waals surface area contributed by atoms with Crippen molar-refractivity contribution in [2.75, 3.05) is 21.3 Å². The molecular weight excluding hydrogens is 220 g/mol. The van der Waals surface area contributed by atoms with Gasteiger partial charge in [-0.05, 0) is 24.6 Å². The minimum absolute atomic E-state index is 0.149. The van der Waals surface area contributed by atoms with E-state index in [0.717, 1.165) is 0 Å². The Kier molecular flexibility index (Phi) is 4.15. The molecule has 0 spiro atoms. The summed E-state index contributed by atoms with van der Waals surface area (Å²) < 4.78 is 15.5. The molecule has 0 aromatic heterocycles. The van der Waals surface area contributed by atoms with Gasteiger partial charge in [0.2, 0.25) is 5.75 Å². The van der Waals surface area contributed by atoms with Crippen LogP contribution in [0, 0.1) is 0 Å². The number of Topliss-reactive ketones (excluding diaryl/α,β-unsaturated/α-hetero) is 1. The number of ether oxygens (including phenoxy) is 3. The van der Waals surface area contributed by atoms with Crippen LogP contribution < -0.4 is 14.2 Å². The molecule has 0 radical (unpaired) electrons. The van der Waals surface area contributed by atoms with Gasteiger partial charge in [0.15, 0.2) is 17.3 Å². The summed E-state index contributed by atoms with van der Waals surface area (Å²) in [6.07, 6.45) is 0. The number of carbonyl (C=O) groups is 1. The maximum absolute atomic E-state index is 11.8.